The summed E-state index contributed by atoms with van der Waals surface area (Å²) in [5.41, 5.74) is 1.56. The third-order valence-electron chi connectivity index (χ3n) is 3.16. The van der Waals surface area contributed by atoms with Crippen LogP contribution in [0.5, 0.6) is 5.75 Å². The lowest BCUT2D eigenvalue weighted by Crippen LogP contribution is -2.10. The van der Waals surface area contributed by atoms with E-state index in [1.165, 1.54) is 18.3 Å². The zero-order valence-corrected chi connectivity index (χ0v) is 13.5. The number of rotatable bonds is 4. The van der Waals surface area contributed by atoms with Crippen molar-refractivity contribution in [2.45, 2.75) is 4.90 Å². The zero-order valence-electron chi connectivity index (χ0n) is 11.9. The Morgan fingerprint density at radius 3 is 2.26 bits per heavy atom. The Balaban J connectivity index is 1.99. The maximum atomic E-state index is 12.4. The monoisotopic (exact) mass is 345 g/mol. The van der Waals surface area contributed by atoms with Crippen molar-refractivity contribution < 1.29 is 12.6 Å². The molecule has 1 heterocycles. The third kappa shape index (κ3) is 3.52. The first-order valence-electron chi connectivity index (χ1n) is 6.77. The van der Waals surface area contributed by atoms with E-state index in [2.05, 4.69) is 4.98 Å². The molecule has 0 saturated heterocycles. The molecular formula is C17H12ClNO3S. The van der Waals surface area contributed by atoms with Gasteiger partial charge in [-0.25, -0.2) is 4.98 Å². The topological polar surface area (TPSA) is 56.3 Å². The van der Waals surface area contributed by atoms with Crippen LogP contribution < -0.4 is 4.18 Å². The molecule has 4 nitrogen and oxygen atoms in total. The summed E-state index contributed by atoms with van der Waals surface area (Å²) in [6.07, 6.45) is 1.17. The van der Waals surface area contributed by atoms with Crippen LogP contribution in [0.25, 0.3) is 11.1 Å². The van der Waals surface area contributed by atoms with Gasteiger partial charge in [0, 0.05) is 5.56 Å². The molecule has 1 aromatic heterocycles. The van der Waals surface area contributed by atoms with Gasteiger partial charge in [0.15, 0.2) is 5.75 Å². The fourth-order valence-corrected chi connectivity index (χ4v) is 3.08. The Bertz CT molecular complexity index is 910. The highest BCUT2D eigenvalue weighted by atomic mass is 35.5. The third-order valence-corrected chi connectivity index (χ3v) is 4.60. The van der Waals surface area contributed by atoms with Gasteiger partial charge in [-0.3, -0.25) is 0 Å². The van der Waals surface area contributed by atoms with Gasteiger partial charge >= 0.3 is 10.1 Å². The highest BCUT2D eigenvalue weighted by Gasteiger charge is 2.19. The summed E-state index contributed by atoms with van der Waals surface area (Å²) in [6.45, 7) is 0. The SMILES string of the molecule is O=S(=O)(Oc1ccccc1-c1ccccc1)c1ccc(Cl)nc1. The smallest absolute Gasteiger partial charge is 0.340 e. The molecule has 0 amide bonds. The predicted molar refractivity (Wildman–Crippen MR) is 88.9 cm³/mol. The number of halogens is 1. The number of nitrogens with zero attached hydrogens (tertiary/aromatic N) is 1. The molecule has 23 heavy (non-hydrogen) atoms. The van der Waals surface area contributed by atoms with E-state index in [-0.39, 0.29) is 15.8 Å². The second-order valence-electron chi connectivity index (χ2n) is 4.72. The lowest BCUT2D eigenvalue weighted by atomic mass is 10.1. The molecule has 0 aliphatic carbocycles. The van der Waals surface area contributed by atoms with Crippen LogP contribution >= 0.6 is 11.6 Å². The summed E-state index contributed by atoms with van der Waals surface area (Å²) >= 11 is 5.68. The largest absolute Gasteiger partial charge is 0.378 e. The molecule has 0 N–H and O–H groups in total. The van der Waals surface area contributed by atoms with Crippen molar-refractivity contribution in [3.05, 3.63) is 78.1 Å². The average Bonchev–Trinajstić information content (AvgIpc) is 2.56. The molecule has 0 fully saturated rings. The lowest BCUT2D eigenvalue weighted by molar-refractivity contribution is 0.486. The van der Waals surface area contributed by atoms with Crippen molar-refractivity contribution in [3.8, 4) is 16.9 Å². The van der Waals surface area contributed by atoms with Crippen LogP contribution in [-0.4, -0.2) is 13.4 Å². The first-order valence-corrected chi connectivity index (χ1v) is 8.55. The highest BCUT2D eigenvalue weighted by Crippen LogP contribution is 2.31. The molecule has 2 aromatic carbocycles. The van der Waals surface area contributed by atoms with Gasteiger partial charge in [0.2, 0.25) is 0 Å². The molecule has 116 valence electrons. The van der Waals surface area contributed by atoms with Crippen molar-refractivity contribution in [1.82, 2.24) is 4.98 Å². The average molecular weight is 346 g/mol. The molecule has 0 bridgehead atoms. The van der Waals surface area contributed by atoms with Crippen LogP contribution in [-0.2, 0) is 10.1 Å². The summed E-state index contributed by atoms with van der Waals surface area (Å²) in [5.74, 6) is 0.258. The minimum absolute atomic E-state index is 0.0511. The summed E-state index contributed by atoms with van der Waals surface area (Å²) in [5, 5.41) is 0.216. The van der Waals surface area contributed by atoms with Crippen LogP contribution in [0, 0.1) is 0 Å². The van der Waals surface area contributed by atoms with Crippen molar-refractivity contribution in [3.63, 3.8) is 0 Å². The second-order valence-corrected chi connectivity index (χ2v) is 6.65. The molecule has 0 aliphatic heterocycles. The lowest BCUT2D eigenvalue weighted by Gasteiger charge is -2.11. The van der Waals surface area contributed by atoms with E-state index < -0.39 is 10.1 Å². The Hall–Kier alpha value is -2.37. The van der Waals surface area contributed by atoms with Crippen molar-refractivity contribution in [1.29, 1.82) is 0 Å². The normalized spacial score (nSPS) is 11.2. The first kappa shape index (κ1) is 15.5. The number of aromatic nitrogens is 1. The van der Waals surface area contributed by atoms with Crippen LogP contribution in [0.2, 0.25) is 5.15 Å². The molecule has 0 saturated carbocycles. The van der Waals surface area contributed by atoms with Crippen LogP contribution in [0.15, 0.2) is 77.8 Å². The molecular weight excluding hydrogens is 334 g/mol. The predicted octanol–water partition coefficient (Wildman–Crippen LogP) is 4.17. The molecule has 3 aromatic rings. The molecule has 0 aliphatic rings. The fourth-order valence-electron chi connectivity index (χ4n) is 2.07. The minimum atomic E-state index is -3.98. The molecule has 3 rings (SSSR count). The van der Waals surface area contributed by atoms with Gasteiger partial charge in [0.25, 0.3) is 0 Å². The summed E-state index contributed by atoms with van der Waals surface area (Å²) < 4.78 is 30.1. The Morgan fingerprint density at radius 1 is 0.870 bits per heavy atom. The van der Waals surface area contributed by atoms with Gasteiger partial charge in [-0.15, -0.1) is 0 Å². The summed E-state index contributed by atoms with van der Waals surface area (Å²) in [7, 11) is -3.98. The second kappa shape index (κ2) is 6.40. The Kier molecular flexibility index (Phi) is 4.32. The standard InChI is InChI=1S/C17H12ClNO3S/c18-17-11-10-14(12-19-17)23(20,21)22-16-9-5-4-8-15(16)13-6-2-1-3-7-13/h1-12H. The number of pyridine rings is 1. The van der Waals surface area contributed by atoms with Gasteiger partial charge in [-0.05, 0) is 23.8 Å². The van der Waals surface area contributed by atoms with Gasteiger partial charge in [0.05, 0.1) is 6.20 Å². The van der Waals surface area contributed by atoms with E-state index in [1.807, 2.05) is 36.4 Å². The fraction of sp³-hybridized carbons (Fsp3) is 0. The maximum Gasteiger partial charge on any atom is 0.340 e. The van der Waals surface area contributed by atoms with E-state index in [9.17, 15) is 8.42 Å². The highest BCUT2D eigenvalue weighted by molar-refractivity contribution is 7.87. The van der Waals surface area contributed by atoms with E-state index in [1.54, 1.807) is 18.2 Å². The van der Waals surface area contributed by atoms with Crippen molar-refractivity contribution in [2.24, 2.45) is 0 Å². The molecule has 0 spiro atoms. The van der Waals surface area contributed by atoms with E-state index in [4.69, 9.17) is 15.8 Å². The summed E-state index contributed by atoms with van der Waals surface area (Å²) in [4.78, 5) is 3.72. The molecule has 0 unspecified atom stereocenters. The molecule has 0 atom stereocenters. The first-order chi connectivity index (χ1) is 11.1. The minimum Gasteiger partial charge on any atom is -0.378 e. The Morgan fingerprint density at radius 2 is 1.57 bits per heavy atom. The summed E-state index contributed by atoms with van der Waals surface area (Å²) in [6, 6.07) is 19.1. The maximum absolute atomic E-state index is 12.4. The van der Waals surface area contributed by atoms with E-state index in [0.717, 1.165) is 5.56 Å². The van der Waals surface area contributed by atoms with Crippen LogP contribution in [0.4, 0.5) is 0 Å². The van der Waals surface area contributed by atoms with Gasteiger partial charge < -0.3 is 4.18 Å². The Labute approximate surface area is 139 Å². The van der Waals surface area contributed by atoms with Crippen LogP contribution in [0.3, 0.4) is 0 Å². The van der Waals surface area contributed by atoms with Crippen molar-refractivity contribution in [2.75, 3.05) is 0 Å². The van der Waals surface area contributed by atoms with Crippen molar-refractivity contribution >= 4 is 21.7 Å². The zero-order chi connectivity index (χ0) is 16.3. The molecule has 6 heteroatoms. The quantitative estimate of drug-likeness (QED) is 0.526. The number of hydrogen-bond donors (Lipinski definition) is 0. The van der Waals surface area contributed by atoms with Gasteiger partial charge in [-0.1, -0.05) is 60.1 Å². The van der Waals surface area contributed by atoms with Gasteiger partial charge in [-0.2, -0.15) is 8.42 Å². The number of benzene rings is 2. The van der Waals surface area contributed by atoms with Crippen LogP contribution in [0.1, 0.15) is 0 Å². The number of para-hydroxylation sites is 1. The molecule has 0 radical (unpaired) electrons. The van der Waals surface area contributed by atoms with Gasteiger partial charge in [0.1, 0.15) is 10.0 Å². The number of hydrogen-bond acceptors (Lipinski definition) is 4. The van der Waals surface area contributed by atoms with E-state index >= 15 is 0 Å². The van der Waals surface area contributed by atoms with E-state index in [0.29, 0.717) is 5.56 Å².